The van der Waals surface area contributed by atoms with Gasteiger partial charge in [0.1, 0.15) is 6.07 Å². The highest BCUT2D eigenvalue weighted by atomic mass is 16.5. The first kappa shape index (κ1) is 11.9. The zero-order chi connectivity index (χ0) is 13.1. The van der Waals surface area contributed by atoms with Crippen LogP contribution in [0, 0.1) is 25.2 Å². The Morgan fingerprint density at radius 1 is 1.50 bits per heavy atom. The third-order valence-electron chi connectivity index (χ3n) is 2.11. The lowest BCUT2D eigenvalue weighted by Gasteiger charge is -2.05. The lowest BCUT2D eigenvalue weighted by Crippen LogP contribution is -2.02. The van der Waals surface area contributed by atoms with Crippen LogP contribution in [0.5, 0.6) is 0 Å². The maximum absolute atomic E-state index is 9.16. The Labute approximate surface area is 104 Å². The van der Waals surface area contributed by atoms with E-state index < -0.39 is 0 Å². The molecule has 0 spiro atoms. The van der Waals surface area contributed by atoms with E-state index in [-0.39, 0.29) is 17.3 Å². The highest BCUT2D eigenvalue weighted by molar-refractivity contribution is 6.03. The van der Waals surface area contributed by atoms with Crippen LogP contribution in [0.4, 0.5) is 0 Å². The van der Waals surface area contributed by atoms with E-state index >= 15 is 0 Å². The number of nitrogens with zero attached hydrogens (tertiary/aromatic N) is 5. The van der Waals surface area contributed by atoms with Crippen LogP contribution in [0.25, 0.3) is 11.5 Å². The van der Waals surface area contributed by atoms with Gasteiger partial charge in [-0.15, -0.1) is 10.2 Å². The molecule has 0 atom stereocenters. The van der Waals surface area contributed by atoms with Gasteiger partial charge in [0, 0.05) is 13.1 Å². The van der Waals surface area contributed by atoms with Crippen LogP contribution in [0.15, 0.2) is 16.7 Å². The normalized spacial score (nSPS) is 11.8. The Balaban J connectivity index is 2.56. The van der Waals surface area contributed by atoms with Crippen molar-refractivity contribution in [2.24, 2.45) is 0 Å². The first-order valence-corrected chi connectivity index (χ1v) is 5.00. The van der Waals surface area contributed by atoms with Crippen molar-refractivity contribution in [3.05, 3.63) is 29.7 Å². The molecule has 2 aromatic heterocycles. The van der Waals surface area contributed by atoms with Gasteiger partial charge in [-0.3, -0.25) is 0 Å². The highest BCUT2D eigenvalue weighted by Gasteiger charge is 2.18. The van der Waals surface area contributed by atoms with E-state index in [0.29, 0.717) is 5.89 Å². The fraction of sp³-hybridized carbons (Fsp3) is 0.200. The summed E-state index contributed by atoms with van der Waals surface area (Å²) in [6.45, 7) is 3.42. The molecule has 2 radical (unpaired) electrons. The van der Waals surface area contributed by atoms with Gasteiger partial charge < -0.3 is 9.07 Å². The maximum atomic E-state index is 9.16. The fourth-order valence-electron chi connectivity index (χ4n) is 1.34. The standard InChI is InChI=1S/C10H8BN5O2/c1-6-3-4-16(15-6)8(5-12)9(18-11)10-14-13-7(2)17-10/h3-4H,1-2H3. The summed E-state index contributed by atoms with van der Waals surface area (Å²) in [7, 11) is 5.16. The van der Waals surface area contributed by atoms with E-state index in [2.05, 4.69) is 20.0 Å². The van der Waals surface area contributed by atoms with Crippen molar-refractivity contribution in [2.75, 3.05) is 0 Å². The van der Waals surface area contributed by atoms with Crippen LogP contribution in [0.2, 0.25) is 0 Å². The highest BCUT2D eigenvalue weighted by Crippen LogP contribution is 2.20. The number of hydrogen-bond acceptors (Lipinski definition) is 6. The lowest BCUT2D eigenvalue weighted by molar-refractivity contribution is 0.462. The van der Waals surface area contributed by atoms with E-state index in [4.69, 9.17) is 17.7 Å². The molecule has 0 aliphatic heterocycles. The summed E-state index contributed by atoms with van der Waals surface area (Å²) in [4.78, 5) is 0. The van der Waals surface area contributed by atoms with Crippen molar-refractivity contribution >= 4 is 19.5 Å². The van der Waals surface area contributed by atoms with Crippen LogP contribution >= 0.6 is 0 Å². The maximum Gasteiger partial charge on any atom is 0.374 e. The van der Waals surface area contributed by atoms with Crippen molar-refractivity contribution in [2.45, 2.75) is 13.8 Å². The van der Waals surface area contributed by atoms with Crippen molar-refractivity contribution in [3.8, 4) is 6.07 Å². The molecule has 0 bridgehead atoms. The van der Waals surface area contributed by atoms with Gasteiger partial charge in [-0.05, 0) is 13.0 Å². The van der Waals surface area contributed by atoms with Gasteiger partial charge in [-0.1, -0.05) is 0 Å². The van der Waals surface area contributed by atoms with E-state index in [1.54, 1.807) is 26.1 Å². The first-order chi connectivity index (χ1) is 8.65. The Hall–Kier alpha value is -2.56. The minimum Gasteiger partial charge on any atom is -0.562 e. The smallest absolute Gasteiger partial charge is 0.374 e. The number of allylic oxidation sites excluding steroid dienone is 1. The summed E-state index contributed by atoms with van der Waals surface area (Å²) < 4.78 is 11.2. The second-order valence-electron chi connectivity index (χ2n) is 3.44. The van der Waals surface area contributed by atoms with Gasteiger partial charge in [0.25, 0.3) is 5.89 Å². The van der Waals surface area contributed by atoms with Gasteiger partial charge >= 0.3 is 8.05 Å². The van der Waals surface area contributed by atoms with Crippen molar-refractivity contribution in [1.29, 1.82) is 5.26 Å². The monoisotopic (exact) mass is 241 g/mol. The van der Waals surface area contributed by atoms with Crippen LogP contribution < -0.4 is 0 Å². The van der Waals surface area contributed by atoms with Crippen molar-refractivity contribution in [1.82, 2.24) is 20.0 Å². The van der Waals surface area contributed by atoms with E-state index in [0.717, 1.165) is 5.69 Å². The van der Waals surface area contributed by atoms with Gasteiger partial charge in [0.15, 0.2) is 5.70 Å². The third-order valence-corrected chi connectivity index (χ3v) is 2.11. The second kappa shape index (κ2) is 4.75. The number of rotatable bonds is 3. The van der Waals surface area contributed by atoms with Crippen molar-refractivity contribution < 1.29 is 9.07 Å². The fourth-order valence-corrected chi connectivity index (χ4v) is 1.34. The lowest BCUT2D eigenvalue weighted by atomic mass is 10.3. The molecule has 0 unspecified atom stereocenters. The molecule has 0 N–H and O–H groups in total. The third kappa shape index (κ3) is 2.11. The summed E-state index contributed by atoms with van der Waals surface area (Å²) in [6, 6.07) is 3.68. The van der Waals surface area contributed by atoms with Gasteiger partial charge in [0.2, 0.25) is 11.6 Å². The summed E-state index contributed by atoms with van der Waals surface area (Å²) in [5.74, 6) is 0.342. The zero-order valence-corrected chi connectivity index (χ0v) is 9.78. The quantitative estimate of drug-likeness (QED) is 0.449. The van der Waals surface area contributed by atoms with Crippen LogP contribution in [0.3, 0.4) is 0 Å². The van der Waals surface area contributed by atoms with Gasteiger partial charge in [-0.25, -0.2) is 4.68 Å². The summed E-state index contributed by atoms with van der Waals surface area (Å²) in [6.07, 6.45) is 1.61. The summed E-state index contributed by atoms with van der Waals surface area (Å²) in [5.41, 5.74) is 0.815. The molecule has 2 heterocycles. The molecule has 0 aliphatic rings. The number of nitriles is 1. The van der Waals surface area contributed by atoms with Crippen LogP contribution in [-0.2, 0) is 4.65 Å². The molecule has 2 rings (SSSR count). The molecule has 2 aromatic rings. The Bertz CT molecular complexity index is 637. The molecular weight excluding hydrogens is 233 g/mol. The molecule has 0 saturated carbocycles. The predicted octanol–water partition coefficient (Wildman–Crippen LogP) is 0.832. The summed E-state index contributed by atoms with van der Waals surface area (Å²) in [5, 5.41) is 20.7. The van der Waals surface area contributed by atoms with Gasteiger partial charge in [0.05, 0.1) is 5.69 Å². The van der Waals surface area contributed by atoms with Crippen LogP contribution in [0.1, 0.15) is 17.5 Å². The van der Waals surface area contributed by atoms with E-state index in [1.165, 1.54) is 4.68 Å². The molecule has 0 aliphatic carbocycles. The molecule has 0 saturated heterocycles. The van der Waals surface area contributed by atoms with E-state index in [9.17, 15) is 0 Å². The van der Waals surface area contributed by atoms with Crippen molar-refractivity contribution in [3.63, 3.8) is 0 Å². The largest absolute Gasteiger partial charge is 0.562 e. The van der Waals surface area contributed by atoms with Crippen LogP contribution in [-0.4, -0.2) is 28.0 Å². The molecule has 0 aromatic carbocycles. The average molecular weight is 241 g/mol. The topological polar surface area (TPSA) is 89.8 Å². The molecule has 88 valence electrons. The molecule has 7 nitrogen and oxygen atoms in total. The average Bonchev–Trinajstić information content (AvgIpc) is 2.95. The second-order valence-corrected chi connectivity index (χ2v) is 3.44. The predicted molar refractivity (Wildman–Crippen MR) is 61.6 cm³/mol. The molecule has 0 fully saturated rings. The number of hydrogen-bond donors (Lipinski definition) is 0. The zero-order valence-electron chi connectivity index (χ0n) is 9.78. The number of aryl methyl sites for hydroxylation is 2. The minimum atomic E-state index is -0.0267. The minimum absolute atomic E-state index is 0.0267. The Kier molecular flexibility index (Phi) is 3.14. The molecule has 18 heavy (non-hydrogen) atoms. The Morgan fingerprint density at radius 2 is 2.28 bits per heavy atom. The molecule has 8 heteroatoms. The molecule has 0 amide bonds. The first-order valence-electron chi connectivity index (χ1n) is 5.00. The SMILES string of the molecule is [B]OC(=C(C#N)n1ccc(C)n1)c1nnc(C)o1. The van der Waals surface area contributed by atoms with Gasteiger partial charge in [-0.2, -0.15) is 10.4 Å². The Morgan fingerprint density at radius 3 is 2.72 bits per heavy atom. The molecular formula is C10H8BN5O2. The van der Waals surface area contributed by atoms with E-state index in [1.807, 2.05) is 6.07 Å². The number of aromatic nitrogens is 4. The summed E-state index contributed by atoms with van der Waals surface area (Å²) >= 11 is 0.